The van der Waals surface area contributed by atoms with Crippen LogP contribution in [0.2, 0.25) is 0 Å². The Morgan fingerprint density at radius 3 is 2.88 bits per heavy atom. The first-order valence-electron chi connectivity index (χ1n) is 8.28. The summed E-state index contributed by atoms with van der Waals surface area (Å²) < 4.78 is 0. The van der Waals surface area contributed by atoms with Gasteiger partial charge in [0.2, 0.25) is 10.3 Å². The minimum atomic E-state index is -0.293. The van der Waals surface area contributed by atoms with E-state index in [0.29, 0.717) is 11.2 Å². The smallest absolute Gasteiger partial charge is 0.325 e. The van der Waals surface area contributed by atoms with E-state index in [1.165, 1.54) is 30.6 Å². The first-order valence-corrected chi connectivity index (χ1v) is 9.10. The van der Waals surface area contributed by atoms with Crippen LogP contribution in [0.1, 0.15) is 37.3 Å². The van der Waals surface area contributed by atoms with Gasteiger partial charge in [-0.05, 0) is 57.2 Å². The van der Waals surface area contributed by atoms with Crippen molar-refractivity contribution in [1.29, 1.82) is 0 Å². The van der Waals surface area contributed by atoms with Gasteiger partial charge in [0.1, 0.15) is 0 Å². The van der Waals surface area contributed by atoms with E-state index in [0.717, 1.165) is 28.5 Å². The second-order valence-electron chi connectivity index (χ2n) is 6.33. The first kappa shape index (κ1) is 16.7. The number of aromatic nitrogens is 2. The van der Waals surface area contributed by atoms with E-state index in [-0.39, 0.29) is 6.03 Å². The second-order valence-corrected chi connectivity index (χ2v) is 7.28. The Hall–Kier alpha value is -2.15. The molecule has 2 amide bonds. The summed E-state index contributed by atoms with van der Waals surface area (Å²) >= 11 is 1.42. The zero-order chi connectivity index (χ0) is 17.1. The van der Waals surface area contributed by atoms with E-state index in [1.807, 2.05) is 32.0 Å². The molecule has 1 aliphatic heterocycles. The highest BCUT2D eigenvalue weighted by atomic mass is 32.1. The van der Waals surface area contributed by atoms with Gasteiger partial charge < -0.3 is 10.2 Å². The van der Waals surface area contributed by atoms with Gasteiger partial charge in [-0.1, -0.05) is 23.5 Å². The molecule has 6 nitrogen and oxygen atoms in total. The number of rotatable bonds is 3. The highest BCUT2D eigenvalue weighted by Crippen LogP contribution is 2.29. The number of carbonyl (C=O) groups excluding carboxylic acids is 1. The van der Waals surface area contributed by atoms with Gasteiger partial charge in [0.15, 0.2) is 0 Å². The number of amides is 2. The van der Waals surface area contributed by atoms with Crippen LogP contribution in [0.5, 0.6) is 0 Å². The third-order valence-corrected chi connectivity index (χ3v) is 5.20. The molecule has 1 atom stereocenters. The van der Waals surface area contributed by atoms with Gasteiger partial charge in [0.05, 0.1) is 0 Å². The predicted molar refractivity (Wildman–Crippen MR) is 99.1 cm³/mol. The van der Waals surface area contributed by atoms with Crippen LogP contribution >= 0.6 is 11.3 Å². The highest BCUT2D eigenvalue weighted by molar-refractivity contribution is 7.19. The molecule has 2 heterocycles. The molecule has 1 saturated heterocycles. The van der Waals surface area contributed by atoms with E-state index in [9.17, 15) is 4.79 Å². The summed E-state index contributed by atoms with van der Waals surface area (Å²) in [5.74, 6) is 0. The van der Waals surface area contributed by atoms with Crippen LogP contribution in [0.15, 0.2) is 18.2 Å². The Morgan fingerprint density at radius 1 is 1.25 bits per heavy atom. The number of nitrogens with one attached hydrogen (secondary N) is 2. The van der Waals surface area contributed by atoms with E-state index >= 15 is 0 Å². The van der Waals surface area contributed by atoms with Crippen LogP contribution in [-0.2, 0) is 0 Å². The van der Waals surface area contributed by atoms with Gasteiger partial charge in [-0.15, -0.1) is 10.2 Å². The fourth-order valence-corrected chi connectivity index (χ4v) is 3.75. The molecule has 1 aromatic heterocycles. The molecule has 0 bridgehead atoms. The van der Waals surface area contributed by atoms with Crippen LogP contribution in [0.3, 0.4) is 0 Å². The number of aryl methyl sites for hydroxylation is 2. The average molecular weight is 345 g/mol. The molecule has 2 N–H and O–H groups in total. The molecule has 0 aliphatic carbocycles. The lowest BCUT2D eigenvalue weighted by Crippen LogP contribution is -2.37. The molecule has 2 aromatic rings. The average Bonchev–Trinajstić information content (AvgIpc) is 2.99. The maximum atomic E-state index is 12.2. The lowest BCUT2D eigenvalue weighted by atomic mass is 10.1. The standard InChI is InChI=1S/C17H23N5OS/c1-11-7-8-12(2)14(10-11)18-15(23)19-16-20-21-17(24-16)22-9-5-4-6-13(22)3/h7-8,10,13H,4-6,9H2,1-3H3,(H2,18,19,20,23)/t13-/m1/s1. The number of hydrogen-bond acceptors (Lipinski definition) is 5. The molecule has 3 rings (SSSR count). The van der Waals surface area contributed by atoms with Crippen LogP contribution in [0.4, 0.5) is 20.7 Å². The Labute approximate surface area is 146 Å². The molecule has 24 heavy (non-hydrogen) atoms. The summed E-state index contributed by atoms with van der Waals surface area (Å²) in [6.07, 6.45) is 3.62. The van der Waals surface area contributed by atoms with Crippen molar-refractivity contribution >= 4 is 33.3 Å². The van der Waals surface area contributed by atoms with Crippen LogP contribution < -0.4 is 15.5 Å². The first-order chi connectivity index (χ1) is 11.5. The summed E-state index contributed by atoms with van der Waals surface area (Å²) in [6.45, 7) is 7.18. The summed E-state index contributed by atoms with van der Waals surface area (Å²) in [5, 5.41) is 15.4. The Kier molecular flexibility index (Phi) is 4.99. The van der Waals surface area contributed by atoms with E-state index < -0.39 is 0 Å². The van der Waals surface area contributed by atoms with Gasteiger partial charge in [-0.3, -0.25) is 5.32 Å². The Balaban J connectivity index is 1.64. The van der Waals surface area contributed by atoms with Crippen LogP contribution in [0.25, 0.3) is 0 Å². The quantitative estimate of drug-likeness (QED) is 0.875. The minimum Gasteiger partial charge on any atom is -0.344 e. The van der Waals surface area contributed by atoms with Crippen molar-refractivity contribution in [3.63, 3.8) is 0 Å². The molecule has 128 valence electrons. The van der Waals surface area contributed by atoms with Crippen molar-refractivity contribution in [2.75, 3.05) is 22.1 Å². The lowest BCUT2D eigenvalue weighted by Gasteiger charge is -2.32. The van der Waals surface area contributed by atoms with Gasteiger partial charge in [0, 0.05) is 18.3 Å². The van der Waals surface area contributed by atoms with Crippen molar-refractivity contribution in [2.24, 2.45) is 0 Å². The summed E-state index contributed by atoms with van der Waals surface area (Å²) in [6, 6.07) is 6.15. The van der Waals surface area contributed by atoms with Crippen molar-refractivity contribution in [2.45, 2.75) is 46.1 Å². The molecule has 0 saturated carbocycles. The topological polar surface area (TPSA) is 70.1 Å². The number of carbonyl (C=O) groups is 1. The molecule has 1 fully saturated rings. The zero-order valence-corrected chi connectivity index (χ0v) is 15.1. The van der Waals surface area contributed by atoms with Crippen molar-refractivity contribution in [3.05, 3.63) is 29.3 Å². The lowest BCUT2D eigenvalue weighted by molar-refractivity contribution is 0.262. The summed E-state index contributed by atoms with van der Waals surface area (Å²) in [4.78, 5) is 14.5. The van der Waals surface area contributed by atoms with Crippen LogP contribution in [0, 0.1) is 13.8 Å². The minimum absolute atomic E-state index is 0.293. The third-order valence-electron chi connectivity index (χ3n) is 4.32. The molecule has 7 heteroatoms. The largest absolute Gasteiger partial charge is 0.344 e. The molecule has 0 radical (unpaired) electrons. The Morgan fingerprint density at radius 2 is 2.08 bits per heavy atom. The second kappa shape index (κ2) is 7.17. The summed E-state index contributed by atoms with van der Waals surface area (Å²) in [5.41, 5.74) is 2.94. The van der Waals surface area contributed by atoms with Gasteiger partial charge in [-0.25, -0.2) is 4.79 Å². The van der Waals surface area contributed by atoms with Crippen molar-refractivity contribution < 1.29 is 4.79 Å². The molecule has 0 spiro atoms. The number of nitrogens with zero attached hydrogens (tertiary/aromatic N) is 3. The SMILES string of the molecule is Cc1ccc(C)c(NC(=O)Nc2nnc(N3CCCC[C@H]3C)s2)c1. The fourth-order valence-electron chi connectivity index (χ4n) is 2.89. The number of anilines is 3. The number of hydrogen-bond donors (Lipinski definition) is 2. The van der Waals surface area contributed by atoms with Gasteiger partial charge in [0.25, 0.3) is 0 Å². The molecular weight excluding hydrogens is 322 g/mol. The number of urea groups is 1. The number of piperidine rings is 1. The van der Waals surface area contributed by atoms with Crippen molar-refractivity contribution in [1.82, 2.24) is 10.2 Å². The normalized spacial score (nSPS) is 17.6. The predicted octanol–water partition coefficient (Wildman–Crippen LogP) is 4.18. The van der Waals surface area contributed by atoms with Gasteiger partial charge in [-0.2, -0.15) is 0 Å². The van der Waals surface area contributed by atoms with Crippen molar-refractivity contribution in [3.8, 4) is 0 Å². The fraction of sp³-hybridized carbons (Fsp3) is 0.471. The van der Waals surface area contributed by atoms with Gasteiger partial charge >= 0.3 is 6.03 Å². The number of benzene rings is 1. The van der Waals surface area contributed by atoms with Crippen LogP contribution in [-0.4, -0.2) is 28.8 Å². The van der Waals surface area contributed by atoms with E-state index in [2.05, 4.69) is 32.7 Å². The molecule has 1 aromatic carbocycles. The van der Waals surface area contributed by atoms with E-state index in [4.69, 9.17) is 0 Å². The zero-order valence-electron chi connectivity index (χ0n) is 14.3. The Bertz CT molecular complexity index is 730. The summed E-state index contributed by atoms with van der Waals surface area (Å²) in [7, 11) is 0. The maximum absolute atomic E-state index is 12.2. The highest BCUT2D eigenvalue weighted by Gasteiger charge is 2.22. The monoisotopic (exact) mass is 345 g/mol. The molecular formula is C17H23N5OS. The molecule has 0 unspecified atom stereocenters. The third kappa shape index (κ3) is 3.84. The van der Waals surface area contributed by atoms with E-state index in [1.54, 1.807) is 0 Å². The molecule has 1 aliphatic rings. The maximum Gasteiger partial charge on any atom is 0.325 e.